The number of piperazine rings is 1. The van der Waals surface area contributed by atoms with E-state index in [9.17, 15) is 9.59 Å². The topological polar surface area (TPSA) is 40.6 Å². The van der Waals surface area contributed by atoms with Gasteiger partial charge in [0.1, 0.15) is 0 Å². The average Bonchev–Trinajstić information content (AvgIpc) is 1.93. The Morgan fingerprint density at radius 1 is 1.00 bits per heavy atom. The number of amides is 2. The largest absolute Gasteiger partial charge is 0.327 e. The van der Waals surface area contributed by atoms with Crippen LogP contribution < -0.4 is 0 Å². The van der Waals surface area contributed by atoms with Crippen LogP contribution in [0, 0.1) is 0 Å². The van der Waals surface area contributed by atoms with Gasteiger partial charge in [0.15, 0.2) is 0 Å². The summed E-state index contributed by atoms with van der Waals surface area (Å²) in [6, 6.07) is 0. The van der Waals surface area contributed by atoms with Gasteiger partial charge in [-0.3, -0.25) is 9.59 Å². The lowest BCUT2D eigenvalue weighted by Gasteiger charge is -2.23. The second kappa shape index (κ2) is 2.64. The summed E-state index contributed by atoms with van der Waals surface area (Å²) in [5, 5.41) is 0. The second-order valence-corrected chi connectivity index (χ2v) is 2.60. The molecule has 1 aliphatic rings. The van der Waals surface area contributed by atoms with Crippen LogP contribution in [0.4, 0.5) is 0 Å². The molecular weight excluding hydrogens is 179 g/mol. The Morgan fingerprint density at radius 3 is 1.60 bits per heavy atom. The van der Waals surface area contributed by atoms with Crippen molar-refractivity contribution in [2.24, 2.45) is 0 Å². The molecule has 0 saturated carbocycles. The highest BCUT2D eigenvalue weighted by atomic mass is 35.5. The van der Waals surface area contributed by atoms with E-state index in [4.69, 9.17) is 23.6 Å². The Hall–Kier alpha value is -0.480. The van der Waals surface area contributed by atoms with Crippen LogP contribution in [0.3, 0.4) is 0 Å². The molecule has 0 bridgehead atoms. The summed E-state index contributed by atoms with van der Waals surface area (Å²) in [7, 11) is 0. The van der Waals surface area contributed by atoms with Gasteiger partial charge < -0.3 is 0 Å². The fraction of sp³-hybridized carbons (Fsp3) is 0.500. The zero-order chi connectivity index (χ0) is 7.72. The first-order chi connectivity index (χ1) is 4.63. The van der Waals surface area contributed by atoms with Crippen LogP contribution in [0.2, 0.25) is 0 Å². The Morgan fingerprint density at radius 2 is 1.30 bits per heavy atom. The van der Waals surface area contributed by atoms with E-state index in [2.05, 4.69) is 0 Å². The number of carbonyl (C=O) groups excluding carboxylic acids is 2. The summed E-state index contributed by atoms with van der Waals surface area (Å²) >= 11 is 10.6. The van der Waals surface area contributed by atoms with Crippen molar-refractivity contribution in [3.8, 4) is 0 Å². The Balaban J connectivity index is 2.70. The molecule has 0 unspecified atom stereocenters. The molecule has 2 amide bonds. The predicted octanol–water partition coefficient (Wildman–Crippen LogP) is -0.0352. The molecule has 56 valence electrons. The van der Waals surface area contributed by atoms with Crippen molar-refractivity contribution in [2.75, 3.05) is 13.1 Å². The first kappa shape index (κ1) is 7.63. The van der Waals surface area contributed by atoms with E-state index in [1.807, 2.05) is 0 Å². The van der Waals surface area contributed by atoms with E-state index in [0.717, 1.165) is 8.84 Å². The molecule has 1 aliphatic heterocycles. The SMILES string of the molecule is O=C1C(=O)N(Cl)CCN1Cl. The monoisotopic (exact) mass is 182 g/mol. The number of hydrogen-bond donors (Lipinski definition) is 0. The van der Waals surface area contributed by atoms with E-state index in [0.29, 0.717) is 0 Å². The lowest BCUT2D eigenvalue weighted by molar-refractivity contribution is -0.148. The standard InChI is InChI=1S/C4H4Cl2N2O2/c5-7-1-2-8(6)4(10)3(7)9/h1-2H2. The van der Waals surface area contributed by atoms with Crippen molar-refractivity contribution in [3.63, 3.8) is 0 Å². The summed E-state index contributed by atoms with van der Waals surface area (Å²) in [5.74, 6) is -1.55. The van der Waals surface area contributed by atoms with Crippen LogP contribution in [0.5, 0.6) is 0 Å². The van der Waals surface area contributed by atoms with Crippen LogP contribution in [0.25, 0.3) is 0 Å². The quantitative estimate of drug-likeness (QED) is 0.390. The van der Waals surface area contributed by atoms with Crippen LogP contribution in [-0.2, 0) is 9.59 Å². The van der Waals surface area contributed by atoms with Gasteiger partial charge in [-0.1, -0.05) is 0 Å². The molecule has 1 rings (SSSR count). The normalized spacial score (nSPS) is 20.2. The lowest BCUT2D eigenvalue weighted by Crippen LogP contribution is -2.46. The molecule has 0 aromatic carbocycles. The van der Waals surface area contributed by atoms with E-state index < -0.39 is 11.8 Å². The van der Waals surface area contributed by atoms with Gasteiger partial charge in [-0.2, -0.15) is 0 Å². The molecule has 0 aromatic rings. The van der Waals surface area contributed by atoms with Gasteiger partial charge in [-0.05, 0) is 0 Å². The zero-order valence-electron chi connectivity index (χ0n) is 4.88. The molecule has 1 saturated heterocycles. The van der Waals surface area contributed by atoms with Crippen molar-refractivity contribution in [1.29, 1.82) is 0 Å². The van der Waals surface area contributed by atoms with Gasteiger partial charge in [0.2, 0.25) is 0 Å². The maximum Gasteiger partial charge on any atom is 0.327 e. The molecule has 10 heavy (non-hydrogen) atoms. The van der Waals surface area contributed by atoms with Gasteiger partial charge >= 0.3 is 11.8 Å². The Labute approximate surface area is 67.5 Å². The summed E-state index contributed by atoms with van der Waals surface area (Å²) in [4.78, 5) is 21.3. The van der Waals surface area contributed by atoms with Crippen molar-refractivity contribution < 1.29 is 9.59 Å². The molecule has 0 aromatic heterocycles. The molecular formula is C4H4Cl2N2O2. The van der Waals surface area contributed by atoms with Crippen LogP contribution in [0.1, 0.15) is 0 Å². The van der Waals surface area contributed by atoms with Crippen molar-refractivity contribution >= 4 is 35.4 Å². The Bertz CT molecular complexity index is 164. The summed E-state index contributed by atoms with van der Waals surface area (Å²) in [6.07, 6.45) is 0. The molecule has 1 heterocycles. The molecule has 0 N–H and O–H groups in total. The number of nitrogens with zero attached hydrogens (tertiary/aromatic N) is 2. The van der Waals surface area contributed by atoms with Crippen LogP contribution in [-0.4, -0.2) is 33.7 Å². The molecule has 0 radical (unpaired) electrons. The number of halogens is 2. The second-order valence-electron chi connectivity index (χ2n) is 1.78. The molecule has 0 spiro atoms. The number of hydrogen-bond acceptors (Lipinski definition) is 2. The minimum atomic E-state index is -0.775. The van der Waals surface area contributed by atoms with E-state index in [-0.39, 0.29) is 13.1 Å². The molecule has 0 aliphatic carbocycles. The molecule has 6 heteroatoms. The van der Waals surface area contributed by atoms with Crippen LogP contribution >= 0.6 is 23.6 Å². The highest BCUT2D eigenvalue weighted by molar-refractivity contribution is 6.47. The summed E-state index contributed by atoms with van der Waals surface area (Å²) in [6.45, 7) is 0.547. The van der Waals surface area contributed by atoms with Gasteiger partial charge in [-0.15, -0.1) is 0 Å². The van der Waals surface area contributed by atoms with E-state index in [1.54, 1.807) is 0 Å². The van der Waals surface area contributed by atoms with Crippen LogP contribution in [0.15, 0.2) is 0 Å². The smallest absolute Gasteiger partial charge is 0.262 e. The zero-order valence-corrected chi connectivity index (χ0v) is 6.39. The summed E-state index contributed by atoms with van der Waals surface area (Å²) < 4.78 is 1.64. The minimum absolute atomic E-state index is 0.273. The molecule has 4 nitrogen and oxygen atoms in total. The Kier molecular flexibility index (Phi) is 2.01. The molecule has 0 atom stereocenters. The van der Waals surface area contributed by atoms with Gasteiger partial charge in [0.25, 0.3) is 0 Å². The van der Waals surface area contributed by atoms with Crippen molar-refractivity contribution in [2.45, 2.75) is 0 Å². The fourth-order valence-corrected chi connectivity index (χ4v) is 0.882. The third-order valence-electron chi connectivity index (χ3n) is 1.12. The minimum Gasteiger partial charge on any atom is -0.262 e. The lowest BCUT2D eigenvalue weighted by atomic mass is 10.4. The number of rotatable bonds is 0. The summed E-state index contributed by atoms with van der Waals surface area (Å²) in [5.41, 5.74) is 0. The van der Waals surface area contributed by atoms with Crippen molar-refractivity contribution in [1.82, 2.24) is 8.84 Å². The first-order valence-electron chi connectivity index (χ1n) is 2.58. The molecule has 1 fully saturated rings. The maximum absolute atomic E-state index is 10.7. The third-order valence-corrected chi connectivity index (χ3v) is 1.76. The highest BCUT2D eigenvalue weighted by Crippen LogP contribution is 2.08. The van der Waals surface area contributed by atoms with E-state index in [1.165, 1.54) is 0 Å². The predicted molar refractivity (Wildman–Crippen MR) is 35.1 cm³/mol. The average molecular weight is 183 g/mol. The van der Waals surface area contributed by atoms with E-state index >= 15 is 0 Å². The number of carbonyl (C=O) groups is 2. The maximum atomic E-state index is 10.7. The highest BCUT2D eigenvalue weighted by Gasteiger charge is 2.30. The van der Waals surface area contributed by atoms with Gasteiger partial charge in [-0.25, -0.2) is 8.84 Å². The van der Waals surface area contributed by atoms with Gasteiger partial charge in [0.05, 0.1) is 13.1 Å². The first-order valence-corrected chi connectivity index (χ1v) is 3.25. The third kappa shape index (κ3) is 1.17. The van der Waals surface area contributed by atoms with Gasteiger partial charge in [0, 0.05) is 23.6 Å². The van der Waals surface area contributed by atoms with Crippen molar-refractivity contribution in [3.05, 3.63) is 0 Å². The fourth-order valence-electron chi connectivity index (χ4n) is 0.586.